The molecule has 0 aliphatic carbocycles. The molecule has 1 aliphatic heterocycles. The molecular weight excluding hydrogens is 306 g/mol. The number of fused-ring (bicyclic) bond motifs is 1. The molecule has 1 aromatic carbocycles. The minimum atomic E-state index is 0.423. The minimum Gasteiger partial charge on any atom is -0.490 e. The van der Waals surface area contributed by atoms with Gasteiger partial charge < -0.3 is 15.2 Å². The predicted octanol–water partition coefficient (Wildman–Crippen LogP) is 3.63. The van der Waals surface area contributed by atoms with Crippen LogP contribution in [0.3, 0.4) is 0 Å². The summed E-state index contributed by atoms with van der Waals surface area (Å²) in [6.45, 7) is 6.53. The Balaban J connectivity index is 2.51. The number of hydrogen-bond acceptors (Lipinski definition) is 3. The highest BCUT2D eigenvalue weighted by atomic mass is 79.9. The summed E-state index contributed by atoms with van der Waals surface area (Å²) in [7, 11) is 0. The lowest BCUT2D eigenvalue weighted by atomic mass is 9.91. The lowest BCUT2D eigenvalue weighted by Gasteiger charge is -2.21. The fraction of sp³-hybridized carbons (Fsp3) is 0.600. The van der Waals surface area contributed by atoms with Gasteiger partial charge in [0.05, 0.1) is 13.2 Å². The van der Waals surface area contributed by atoms with Crippen LogP contribution in [0.2, 0.25) is 0 Å². The highest BCUT2D eigenvalue weighted by Crippen LogP contribution is 2.43. The summed E-state index contributed by atoms with van der Waals surface area (Å²) in [5.74, 6) is 2.22. The first-order chi connectivity index (χ1) is 9.19. The van der Waals surface area contributed by atoms with E-state index < -0.39 is 0 Å². The van der Waals surface area contributed by atoms with Crippen molar-refractivity contribution < 1.29 is 9.47 Å². The number of rotatable bonds is 4. The van der Waals surface area contributed by atoms with Gasteiger partial charge in [0.15, 0.2) is 11.5 Å². The molecule has 4 heteroatoms. The number of hydrogen-bond donors (Lipinski definition) is 1. The van der Waals surface area contributed by atoms with Crippen LogP contribution < -0.4 is 15.2 Å². The van der Waals surface area contributed by atoms with Gasteiger partial charge in [-0.25, -0.2) is 0 Å². The van der Waals surface area contributed by atoms with Crippen molar-refractivity contribution in [2.45, 2.75) is 39.0 Å². The topological polar surface area (TPSA) is 44.5 Å². The molecule has 0 aromatic heterocycles. The van der Waals surface area contributed by atoms with Crippen molar-refractivity contribution in [1.82, 2.24) is 0 Å². The maximum Gasteiger partial charge on any atom is 0.164 e. The SMILES string of the molecule is CCc1c2c(cc(Br)c1C(C)CCN)OCCCO2. The molecule has 1 atom stereocenters. The van der Waals surface area contributed by atoms with Gasteiger partial charge in [0.1, 0.15) is 0 Å². The quantitative estimate of drug-likeness (QED) is 0.918. The van der Waals surface area contributed by atoms with Crippen molar-refractivity contribution in [2.24, 2.45) is 5.73 Å². The van der Waals surface area contributed by atoms with Gasteiger partial charge in [-0.2, -0.15) is 0 Å². The molecule has 1 heterocycles. The summed E-state index contributed by atoms with van der Waals surface area (Å²) in [5, 5.41) is 0. The van der Waals surface area contributed by atoms with Gasteiger partial charge in [0, 0.05) is 16.5 Å². The van der Waals surface area contributed by atoms with Crippen LogP contribution >= 0.6 is 15.9 Å². The zero-order chi connectivity index (χ0) is 13.8. The van der Waals surface area contributed by atoms with E-state index in [2.05, 4.69) is 29.8 Å². The van der Waals surface area contributed by atoms with Crippen LogP contribution in [-0.4, -0.2) is 19.8 Å². The van der Waals surface area contributed by atoms with Gasteiger partial charge in [-0.05, 0) is 36.9 Å². The predicted molar refractivity (Wildman–Crippen MR) is 81.2 cm³/mol. The van der Waals surface area contributed by atoms with Gasteiger partial charge in [-0.3, -0.25) is 0 Å². The Kier molecular flexibility index (Phi) is 5.11. The van der Waals surface area contributed by atoms with Crippen LogP contribution in [0.1, 0.15) is 43.7 Å². The van der Waals surface area contributed by atoms with Crippen LogP contribution in [0, 0.1) is 0 Å². The molecule has 0 bridgehead atoms. The van der Waals surface area contributed by atoms with Crippen LogP contribution in [0.25, 0.3) is 0 Å². The van der Waals surface area contributed by atoms with Crippen LogP contribution in [0.15, 0.2) is 10.5 Å². The number of benzene rings is 1. The Morgan fingerprint density at radius 3 is 2.79 bits per heavy atom. The second kappa shape index (κ2) is 6.62. The zero-order valence-electron chi connectivity index (χ0n) is 11.7. The van der Waals surface area contributed by atoms with Crippen LogP contribution in [0.4, 0.5) is 0 Å². The Labute approximate surface area is 123 Å². The Bertz CT molecular complexity index is 448. The molecule has 0 radical (unpaired) electrons. The van der Waals surface area contributed by atoms with E-state index in [0.29, 0.717) is 12.5 Å². The average Bonchev–Trinajstić information content (AvgIpc) is 2.62. The first-order valence-electron chi connectivity index (χ1n) is 7.00. The van der Waals surface area contributed by atoms with Crippen LogP contribution in [0.5, 0.6) is 11.5 Å². The van der Waals surface area contributed by atoms with Gasteiger partial charge in [0.25, 0.3) is 0 Å². The molecule has 1 aromatic rings. The molecule has 2 rings (SSSR count). The fourth-order valence-corrected chi connectivity index (χ4v) is 3.47. The maximum atomic E-state index is 5.92. The summed E-state index contributed by atoms with van der Waals surface area (Å²) < 4.78 is 12.8. The number of nitrogens with two attached hydrogens (primary N) is 1. The van der Waals surface area contributed by atoms with Crippen molar-refractivity contribution in [3.8, 4) is 11.5 Å². The molecular formula is C15H22BrNO2. The second-order valence-corrected chi connectivity index (χ2v) is 5.81. The van der Waals surface area contributed by atoms with E-state index in [9.17, 15) is 0 Å². The summed E-state index contributed by atoms with van der Waals surface area (Å²) >= 11 is 3.69. The summed E-state index contributed by atoms with van der Waals surface area (Å²) in [6, 6.07) is 2.04. The summed E-state index contributed by atoms with van der Waals surface area (Å²) in [4.78, 5) is 0. The molecule has 0 amide bonds. The molecule has 2 N–H and O–H groups in total. The Hall–Kier alpha value is -0.740. The van der Waals surface area contributed by atoms with Gasteiger partial charge >= 0.3 is 0 Å². The van der Waals surface area contributed by atoms with Crippen molar-refractivity contribution in [2.75, 3.05) is 19.8 Å². The number of halogens is 1. The van der Waals surface area contributed by atoms with Crippen molar-refractivity contribution in [3.05, 3.63) is 21.7 Å². The molecule has 3 nitrogen and oxygen atoms in total. The van der Waals surface area contributed by atoms with E-state index in [1.807, 2.05) is 6.07 Å². The van der Waals surface area contributed by atoms with Crippen LogP contribution in [-0.2, 0) is 6.42 Å². The molecule has 19 heavy (non-hydrogen) atoms. The van der Waals surface area contributed by atoms with Crippen molar-refractivity contribution in [3.63, 3.8) is 0 Å². The molecule has 0 spiro atoms. The van der Waals surface area contributed by atoms with E-state index >= 15 is 0 Å². The van der Waals surface area contributed by atoms with Gasteiger partial charge in [0.2, 0.25) is 0 Å². The summed E-state index contributed by atoms with van der Waals surface area (Å²) in [5.41, 5.74) is 8.27. The highest BCUT2D eigenvalue weighted by molar-refractivity contribution is 9.10. The van der Waals surface area contributed by atoms with E-state index in [1.54, 1.807) is 0 Å². The third kappa shape index (κ3) is 3.06. The number of ether oxygens (including phenoxy) is 2. The molecule has 106 valence electrons. The average molecular weight is 328 g/mol. The van der Waals surface area contributed by atoms with Gasteiger partial charge in [-0.15, -0.1) is 0 Å². The monoisotopic (exact) mass is 327 g/mol. The lowest BCUT2D eigenvalue weighted by molar-refractivity contribution is 0.296. The third-order valence-electron chi connectivity index (χ3n) is 3.58. The van der Waals surface area contributed by atoms with Gasteiger partial charge in [-0.1, -0.05) is 29.8 Å². The standard InChI is InChI=1S/C15H22BrNO2/c1-3-11-14(10(2)5-6-17)12(16)9-13-15(11)19-8-4-7-18-13/h9-10H,3-8,17H2,1-2H3. The zero-order valence-corrected chi connectivity index (χ0v) is 13.3. The molecule has 1 aliphatic rings. The smallest absolute Gasteiger partial charge is 0.164 e. The van der Waals surface area contributed by atoms with E-state index in [-0.39, 0.29) is 0 Å². The van der Waals surface area contributed by atoms with E-state index in [1.165, 1.54) is 11.1 Å². The fourth-order valence-electron chi connectivity index (χ4n) is 2.63. The molecule has 0 saturated carbocycles. The minimum absolute atomic E-state index is 0.423. The molecule has 1 unspecified atom stereocenters. The van der Waals surface area contributed by atoms with Crippen molar-refractivity contribution in [1.29, 1.82) is 0 Å². The first kappa shape index (κ1) is 14.7. The normalized spacial score (nSPS) is 16.0. The van der Waals surface area contributed by atoms with E-state index in [4.69, 9.17) is 15.2 Å². The maximum absolute atomic E-state index is 5.92. The Morgan fingerprint density at radius 1 is 1.37 bits per heavy atom. The Morgan fingerprint density at radius 2 is 2.11 bits per heavy atom. The van der Waals surface area contributed by atoms with Crippen molar-refractivity contribution >= 4 is 15.9 Å². The molecule has 0 fully saturated rings. The highest BCUT2D eigenvalue weighted by Gasteiger charge is 2.22. The largest absolute Gasteiger partial charge is 0.490 e. The van der Waals surface area contributed by atoms with E-state index in [0.717, 1.165) is 48.4 Å². The third-order valence-corrected chi connectivity index (χ3v) is 4.23. The summed E-state index contributed by atoms with van der Waals surface area (Å²) in [6.07, 6.45) is 2.85. The second-order valence-electron chi connectivity index (χ2n) is 4.96. The first-order valence-corrected chi connectivity index (χ1v) is 7.79. The lowest BCUT2D eigenvalue weighted by Crippen LogP contribution is -2.09. The molecule has 0 saturated heterocycles.